The van der Waals surface area contributed by atoms with Crippen LogP contribution in [0.4, 0.5) is 35.1 Å². The van der Waals surface area contributed by atoms with Gasteiger partial charge in [0, 0.05) is 16.6 Å². The molecule has 3 rings (SSSR count). The average Bonchev–Trinajstić information content (AvgIpc) is 3.38. The quantitative estimate of drug-likeness (QED) is 0.379. The summed E-state index contributed by atoms with van der Waals surface area (Å²) in [7, 11) is 0.671. The van der Waals surface area contributed by atoms with Crippen LogP contribution in [0, 0.1) is 5.41 Å². The molecule has 13 heteroatoms. The molecule has 1 aliphatic heterocycles. The number of hydrogen-bond acceptors (Lipinski definition) is 3. The van der Waals surface area contributed by atoms with Crippen LogP contribution in [0.5, 0.6) is 0 Å². The van der Waals surface area contributed by atoms with Crippen molar-refractivity contribution in [3.05, 3.63) is 33.8 Å². The number of nitrogens with zero attached hydrogens (tertiary/aromatic N) is 1. The summed E-state index contributed by atoms with van der Waals surface area (Å²) < 4.78 is 117. The molecule has 1 aromatic carbocycles. The van der Waals surface area contributed by atoms with Gasteiger partial charge in [-0.1, -0.05) is 22.0 Å². The molecule has 0 bridgehead atoms. The summed E-state index contributed by atoms with van der Waals surface area (Å²) in [6, 6.07) is 1.67. The molecular weight excluding hydrogens is 522 g/mol. The Hall–Kier alpha value is -1.92. The number of rotatable bonds is 4. The number of esters is 1. The highest BCUT2D eigenvalue weighted by atomic mass is 79.9. The van der Waals surface area contributed by atoms with Gasteiger partial charge < -0.3 is 9.64 Å². The third kappa shape index (κ3) is 3.47. The molecule has 0 radical (unpaired) electrons. The van der Waals surface area contributed by atoms with Gasteiger partial charge in [0.25, 0.3) is 0 Å². The van der Waals surface area contributed by atoms with Gasteiger partial charge in [0.15, 0.2) is 0 Å². The number of methoxy groups -OCH3 is 1. The van der Waals surface area contributed by atoms with Gasteiger partial charge in [-0.25, -0.2) is 4.79 Å². The van der Waals surface area contributed by atoms with Gasteiger partial charge in [0.1, 0.15) is 5.41 Å². The Morgan fingerprint density at radius 1 is 1.00 bits per heavy atom. The monoisotopic (exact) mass is 537 g/mol. The second-order valence-corrected chi connectivity index (χ2v) is 8.67. The SMILES string of the molecule is COC(=O)[C@]1(C(F)(F)c2ccc(Br)cc2C(F)(F)F)CCCN1C(=O)C1(C(F)(F)F)CC1. The van der Waals surface area contributed by atoms with E-state index in [9.17, 15) is 35.9 Å². The van der Waals surface area contributed by atoms with Crippen molar-refractivity contribution in [2.24, 2.45) is 5.41 Å². The zero-order chi connectivity index (χ0) is 24.3. The van der Waals surface area contributed by atoms with E-state index < -0.39 is 78.0 Å². The number of hydrogen-bond donors (Lipinski definition) is 0. The van der Waals surface area contributed by atoms with Gasteiger partial charge in [-0.15, -0.1) is 0 Å². The lowest BCUT2D eigenvalue weighted by molar-refractivity contribution is -0.216. The van der Waals surface area contributed by atoms with Crippen LogP contribution in [0.15, 0.2) is 22.7 Å². The first-order chi connectivity index (χ1) is 14.6. The van der Waals surface area contributed by atoms with Crippen molar-refractivity contribution in [3.8, 4) is 0 Å². The average molecular weight is 538 g/mol. The summed E-state index contributed by atoms with van der Waals surface area (Å²) in [5, 5.41) is 0. The second-order valence-electron chi connectivity index (χ2n) is 7.75. The van der Waals surface area contributed by atoms with Crippen LogP contribution in [-0.4, -0.2) is 42.1 Å². The smallest absolute Gasteiger partial charge is 0.416 e. The van der Waals surface area contributed by atoms with Crippen molar-refractivity contribution in [1.29, 1.82) is 0 Å². The number of halogens is 9. The van der Waals surface area contributed by atoms with Crippen molar-refractivity contribution in [2.45, 2.75) is 49.5 Å². The number of benzene rings is 1. The molecule has 0 unspecified atom stereocenters. The minimum Gasteiger partial charge on any atom is -0.467 e. The first-order valence-electron chi connectivity index (χ1n) is 9.28. The van der Waals surface area contributed by atoms with Crippen molar-refractivity contribution >= 4 is 27.8 Å². The van der Waals surface area contributed by atoms with Crippen LogP contribution >= 0.6 is 15.9 Å². The van der Waals surface area contributed by atoms with Crippen LogP contribution < -0.4 is 0 Å². The molecule has 0 N–H and O–H groups in total. The maximum Gasteiger partial charge on any atom is 0.416 e. The second kappa shape index (κ2) is 7.56. The topological polar surface area (TPSA) is 46.6 Å². The summed E-state index contributed by atoms with van der Waals surface area (Å²) in [5.41, 5.74) is -9.75. The Morgan fingerprint density at radius 2 is 1.59 bits per heavy atom. The van der Waals surface area contributed by atoms with Crippen molar-refractivity contribution in [1.82, 2.24) is 4.90 Å². The van der Waals surface area contributed by atoms with Gasteiger partial charge in [0.2, 0.25) is 11.4 Å². The van der Waals surface area contributed by atoms with E-state index in [0.29, 0.717) is 19.2 Å². The number of carbonyl (C=O) groups is 2. The van der Waals surface area contributed by atoms with Crippen LogP contribution in [0.25, 0.3) is 0 Å². The highest BCUT2D eigenvalue weighted by Crippen LogP contribution is 2.61. The van der Waals surface area contributed by atoms with Crippen LogP contribution in [0.3, 0.4) is 0 Å². The molecule has 2 fully saturated rings. The lowest BCUT2D eigenvalue weighted by Crippen LogP contribution is -2.65. The molecule has 0 spiro atoms. The molecule has 1 amide bonds. The van der Waals surface area contributed by atoms with Crippen molar-refractivity contribution < 1.29 is 49.4 Å². The number of amides is 1. The van der Waals surface area contributed by atoms with Crippen molar-refractivity contribution in [3.63, 3.8) is 0 Å². The van der Waals surface area contributed by atoms with Gasteiger partial charge in [-0.05, 0) is 37.8 Å². The maximum atomic E-state index is 15.9. The molecule has 1 heterocycles. The predicted molar refractivity (Wildman–Crippen MR) is 96.5 cm³/mol. The van der Waals surface area contributed by atoms with Crippen molar-refractivity contribution in [2.75, 3.05) is 13.7 Å². The molecule has 4 nitrogen and oxygen atoms in total. The van der Waals surface area contributed by atoms with Gasteiger partial charge in [-0.2, -0.15) is 35.1 Å². The normalized spacial score (nSPS) is 23.2. The third-order valence-corrected chi connectivity index (χ3v) is 6.49. The molecular formula is C19H16BrF8NO3. The zero-order valence-corrected chi connectivity index (χ0v) is 17.9. The summed E-state index contributed by atoms with van der Waals surface area (Å²) in [5.74, 6) is -8.28. The van der Waals surface area contributed by atoms with Gasteiger partial charge in [0.05, 0.1) is 12.7 Å². The summed E-state index contributed by atoms with van der Waals surface area (Å²) in [6.07, 6.45) is -12.9. The van der Waals surface area contributed by atoms with E-state index in [-0.39, 0.29) is 15.8 Å². The van der Waals surface area contributed by atoms with E-state index in [0.717, 1.165) is 6.07 Å². The number of carbonyl (C=O) groups excluding carboxylic acids is 2. The summed E-state index contributed by atoms with van der Waals surface area (Å²) in [6.45, 7) is -0.667. The Balaban J connectivity index is 2.23. The van der Waals surface area contributed by atoms with E-state index in [4.69, 9.17) is 0 Å². The third-order valence-electron chi connectivity index (χ3n) is 6.00. The fourth-order valence-electron chi connectivity index (χ4n) is 4.18. The highest BCUT2D eigenvalue weighted by Gasteiger charge is 2.75. The van der Waals surface area contributed by atoms with E-state index in [2.05, 4.69) is 20.7 Å². The number of likely N-dealkylation sites (tertiary alicyclic amines) is 1. The standard InChI is InChI=1S/C19H16BrF8NO3/c1-32-14(31)16(5-2-8-29(16)13(30)15(6-7-15)19(26,27)28)17(21,22)11-4-3-10(20)9-12(11)18(23,24)25/h3-4,9H,2,5-8H2,1H3/t16-/m0/s1. The Morgan fingerprint density at radius 3 is 2.06 bits per heavy atom. The molecule has 1 aromatic rings. The Labute approximate surface area is 185 Å². The molecule has 1 saturated carbocycles. The minimum atomic E-state index is -5.28. The number of alkyl halides is 8. The van der Waals surface area contributed by atoms with Gasteiger partial charge in [-0.3, -0.25) is 4.79 Å². The fourth-order valence-corrected chi connectivity index (χ4v) is 4.54. The van der Waals surface area contributed by atoms with Crippen LogP contribution in [0.1, 0.15) is 36.8 Å². The largest absolute Gasteiger partial charge is 0.467 e. The molecule has 178 valence electrons. The maximum absolute atomic E-state index is 15.9. The zero-order valence-electron chi connectivity index (χ0n) is 16.3. The van der Waals surface area contributed by atoms with E-state index in [1.54, 1.807) is 0 Å². The highest BCUT2D eigenvalue weighted by molar-refractivity contribution is 9.10. The van der Waals surface area contributed by atoms with E-state index in [1.807, 2.05) is 0 Å². The molecule has 1 atom stereocenters. The molecule has 2 aliphatic rings. The molecule has 1 aliphatic carbocycles. The summed E-state index contributed by atoms with van der Waals surface area (Å²) >= 11 is 2.76. The van der Waals surface area contributed by atoms with E-state index in [1.165, 1.54) is 0 Å². The lowest BCUT2D eigenvalue weighted by Gasteiger charge is -2.43. The summed E-state index contributed by atoms with van der Waals surface area (Å²) in [4.78, 5) is 25.6. The number of ether oxygens (including phenoxy) is 1. The predicted octanol–water partition coefficient (Wildman–Crippen LogP) is 5.44. The fraction of sp³-hybridized carbons (Fsp3) is 0.579. The minimum absolute atomic E-state index is 0.0710. The first-order valence-corrected chi connectivity index (χ1v) is 10.1. The Bertz CT molecular complexity index is 941. The van der Waals surface area contributed by atoms with Crippen LogP contribution in [-0.2, 0) is 26.4 Å². The van der Waals surface area contributed by atoms with Gasteiger partial charge >= 0.3 is 24.2 Å². The molecule has 1 saturated heterocycles. The molecule has 0 aromatic heterocycles. The van der Waals surface area contributed by atoms with E-state index >= 15 is 8.78 Å². The van der Waals surface area contributed by atoms with Crippen LogP contribution in [0.2, 0.25) is 0 Å². The Kier molecular flexibility index (Phi) is 5.84. The first kappa shape index (κ1) is 24.7. The molecule has 32 heavy (non-hydrogen) atoms. The lowest BCUT2D eigenvalue weighted by atomic mass is 9.81.